The fourth-order valence-electron chi connectivity index (χ4n) is 4.08. The Morgan fingerprint density at radius 1 is 1.06 bits per heavy atom. The molecule has 166 valence electrons. The van der Waals surface area contributed by atoms with Crippen LogP contribution in [0, 0.1) is 0 Å². The zero-order valence-electron chi connectivity index (χ0n) is 17.7. The Morgan fingerprint density at radius 2 is 1.81 bits per heavy atom. The summed E-state index contributed by atoms with van der Waals surface area (Å²) in [6.07, 6.45) is 3.71. The molecule has 2 heterocycles. The van der Waals surface area contributed by atoms with E-state index in [1.54, 1.807) is 46.8 Å². The molecule has 1 fully saturated rings. The van der Waals surface area contributed by atoms with E-state index in [9.17, 15) is 13.2 Å². The second-order valence-corrected chi connectivity index (χ2v) is 9.72. The van der Waals surface area contributed by atoms with Gasteiger partial charge in [-0.2, -0.15) is 4.31 Å². The summed E-state index contributed by atoms with van der Waals surface area (Å²) >= 11 is 0. The number of sulfonamides is 1. The van der Waals surface area contributed by atoms with Gasteiger partial charge >= 0.3 is 0 Å². The average Bonchev–Trinajstić information content (AvgIpc) is 2.82. The maximum absolute atomic E-state index is 13.1. The maximum Gasteiger partial charge on any atom is 0.243 e. The van der Waals surface area contributed by atoms with Crippen LogP contribution in [0.3, 0.4) is 0 Å². The molecular formula is C23H28N2O5S. The number of nitrogens with zero attached hydrogens (tertiary/aromatic N) is 1. The Morgan fingerprint density at radius 3 is 2.55 bits per heavy atom. The van der Waals surface area contributed by atoms with E-state index in [1.165, 1.54) is 0 Å². The van der Waals surface area contributed by atoms with E-state index in [4.69, 9.17) is 9.47 Å². The summed E-state index contributed by atoms with van der Waals surface area (Å²) in [5, 5.41) is 3.07. The van der Waals surface area contributed by atoms with Crippen molar-refractivity contribution in [3.8, 4) is 11.5 Å². The third-order valence-corrected chi connectivity index (χ3v) is 7.79. The summed E-state index contributed by atoms with van der Waals surface area (Å²) in [4.78, 5) is 12.8. The summed E-state index contributed by atoms with van der Waals surface area (Å²) in [5.74, 6) is 1.13. The first kappa shape index (κ1) is 21.6. The van der Waals surface area contributed by atoms with Crippen LogP contribution in [0.25, 0.3) is 0 Å². The molecule has 2 aromatic rings. The minimum Gasteiger partial charge on any atom is -0.486 e. The first-order valence-electron chi connectivity index (χ1n) is 10.8. The SMILES string of the molecule is CCC1CCCCN1S(=O)(=O)c1ccc(NCC(=O)c2ccc3c(c2)OCCO3)cc1. The molecule has 1 unspecified atom stereocenters. The van der Waals surface area contributed by atoms with E-state index in [1.807, 2.05) is 6.92 Å². The van der Waals surface area contributed by atoms with Crippen molar-refractivity contribution in [2.24, 2.45) is 0 Å². The van der Waals surface area contributed by atoms with Gasteiger partial charge in [0.15, 0.2) is 17.3 Å². The van der Waals surface area contributed by atoms with E-state index in [-0.39, 0.29) is 23.3 Å². The topological polar surface area (TPSA) is 84.9 Å². The molecule has 0 amide bonds. The minimum absolute atomic E-state index is 0.0696. The zero-order chi connectivity index (χ0) is 21.8. The van der Waals surface area contributed by atoms with Crippen molar-refractivity contribution in [1.29, 1.82) is 0 Å². The first-order chi connectivity index (χ1) is 15.0. The van der Waals surface area contributed by atoms with Gasteiger partial charge in [-0.15, -0.1) is 0 Å². The van der Waals surface area contributed by atoms with Crippen LogP contribution in [0.1, 0.15) is 43.0 Å². The van der Waals surface area contributed by atoms with Crippen LogP contribution < -0.4 is 14.8 Å². The van der Waals surface area contributed by atoms with E-state index >= 15 is 0 Å². The minimum atomic E-state index is -3.51. The number of nitrogens with one attached hydrogen (secondary N) is 1. The lowest BCUT2D eigenvalue weighted by molar-refractivity contribution is 0.100. The summed E-state index contributed by atoms with van der Waals surface area (Å²) < 4.78 is 38.8. The highest BCUT2D eigenvalue weighted by atomic mass is 32.2. The number of carbonyl (C=O) groups is 1. The molecule has 2 aromatic carbocycles. The van der Waals surface area contributed by atoms with E-state index < -0.39 is 10.0 Å². The molecule has 1 atom stereocenters. The molecule has 4 rings (SSSR count). The van der Waals surface area contributed by atoms with Crippen LogP contribution in [0.4, 0.5) is 5.69 Å². The molecule has 0 radical (unpaired) electrons. The predicted molar refractivity (Wildman–Crippen MR) is 119 cm³/mol. The molecule has 0 aromatic heterocycles. The third kappa shape index (κ3) is 4.70. The number of ether oxygens (including phenoxy) is 2. The Balaban J connectivity index is 1.40. The van der Waals surface area contributed by atoms with Crippen LogP contribution in [-0.2, 0) is 10.0 Å². The van der Waals surface area contributed by atoms with Gasteiger partial charge in [0.1, 0.15) is 13.2 Å². The van der Waals surface area contributed by atoms with Crippen LogP contribution in [0.15, 0.2) is 47.4 Å². The lowest BCUT2D eigenvalue weighted by Crippen LogP contribution is -2.43. The molecule has 1 N–H and O–H groups in total. The van der Waals surface area contributed by atoms with E-state index in [0.717, 1.165) is 25.7 Å². The summed E-state index contributed by atoms with van der Waals surface area (Å²) in [6.45, 7) is 3.67. The molecule has 1 saturated heterocycles. The number of piperidine rings is 1. The lowest BCUT2D eigenvalue weighted by atomic mass is 10.0. The van der Waals surface area contributed by atoms with Crippen molar-refractivity contribution in [2.75, 3.05) is 31.6 Å². The number of Topliss-reactive ketones (excluding diaryl/α,β-unsaturated/α-hetero) is 1. The lowest BCUT2D eigenvalue weighted by Gasteiger charge is -2.34. The Hall–Kier alpha value is -2.58. The number of benzene rings is 2. The molecule has 8 heteroatoms. The standard InChI is InChI=1S/C23H28N2O5S/c1-2-19-5-3-4-12-25(19)31(27,28)20-9-7-18(8-10-20)24-16-21(26)17-6-11-22-23(15-17)30-14-13-29-22/h6-11,15,19,24H,2-5,12-14,16H2,1H3. The predicted octanol–water partition coefficient (Wildman–Crippen LogP) is 3.71. The van der Waals surface area contributed by atoms with Crippen molar-refractivity contribution in [1.82, 2.24) is 4.31 Å². The number of carbonyl (C=O) groups excluding carboxylic acids is 1. The number of fused-ring (bicyclic) bond motifs is 1. The van der Waals surface area contributed by atoms with Crippen LogP contribution in [0.5, 0.6) is 11.5 Å². The molecule has 2 aliphatic rings. The van der Waals surface area contributed by atoms with Crippen LogP contribution in [-0.4, -0.2) is 50.9 Å². The molecular weight excluding hydrogens is 416 g/mol. The molecule has 0 bridgehead atoms. The van der Waals surface area contributed by atoms with Gasteiger partial charge in [-0.3, -0.25) is 4.79 Å². The van der Waals surface area contributed by atoms with Gasteiger partial charge in [-0.25, -0.2) is 8.42 Å². The quantitative estimate of drug-likeness (QED) is 0.656. The highest BCUT2D eigenvalue weighted by Gasteiger charge is 2.32. The van der Waals surface area contributed by atoms with Crippen molar-refractivity contribution in [3.05, 3.63) is 48.0 Å². The van der Waals surface area contributed by atoms with Gasteiger partial charge in [0, 0.05) is 23.8 Å². The van der Waals surface area contributed by atoms with E-state index in [2.05, 4.69) is 5.32 Å². The van der Waals surface area contributed by atoms with Gasteiger partial charge in [0.2, 0.25) is 10.0 Å². The Bertz CT molecular complexity index is 1040. The van der Waals surface area contributed by atoms with E-state index in [0.29, 0.717) is 42.5 Å². The van der Waals surface area contributed by atoms with Crippen molar-refractivity contribution in [3.63, 3.8) is 0 Å². The number of hydrogen-bond donors (Lipinski definition) is 1. The fraction of sp³-hybridized carbons (Fsp3) is 0.435. The molecule has 2 aliphatic heterocycles. The number of ketones is 1. The molecule has 31 heavy (non-hydrogen) atoms. The Kier molecular flexibility index (Phi) is 6.48. The second kappa shape index (κ2) is 9.28. The summed E-state index contributed by atoms with van der Waals surface area (Å²) in [5.41, 5.74) is 1.22. The fourth-order valence-corrected chi connectivity index (χ4v) is 5.85. The number of anilines is 1. The van der Waals surface area contributed by atoms with Gasteiger partial charge in [-0.1, -0.05) is 13.3 Å². The summed E-state index contributed by atoms with van der Waals surface area (Å²) in [7, 11) is -3.51. The van der Waals surface area contributed by atoms with Gasteiger partial charge < -0.3 is 14.8 Å². The average molecular weight is 445 g/mol. The maximum atomic E-state index is 13.1. The summed E-state index contributed by atoms with van der Waals surface area (Å²) in [6, 6.07) is 11.8. The van der Waals surface area contributed by atoms with Crippen molar-refractivity contribution >= 4 is 21.5 Å². The molecule has 7 nitrogen and oxygen atoms in total. The zero-order valence-corrected chi connectivity index (χ0v) is 18.5. The third-order valence-electron chi connectivity index (χ3n) is 5.82. The smallest absolute Gasteiger partial charge is 0.243 e. The van der Waals surface area contributed by atoms with Crippen LogP contribution in [0.2, 0.25) is 0 Å². The van der Waals surface area contributed by atoms with Gasteiger partial charge in [0.05, 0.1) is 11.4 Å². The Labute approximate surface area is 183 Å². The first-order valence-corrected chi connectivity index (χ1v) is 12.2. The van der Waals surface area contributed by atoms with Crippen molar-refractivity contribution in [2.45, 2.75) is 43.5 Å². The van der Waals surface area contributed by atoms with Gasteiger partial charge in [0.25, 0.3) is 0 Å². The highest BCUT2D eigenvalue weighted by Crippen LogP contribution is 2.31. The number of rotatable bonds is 7. The molecule has 0 aliphatic carbocycles. The molecule has 0 spiro atoms. The van der Waals surface area contributed by atoms with Crippen molar-refractivity contribution < 1.29 is 22.7 Å². The second-order valence-electron chi connectivity index (χ2n) is 7.83. The highest BCUT2D eigenvalue weighted by molar-refractivity contribution is 7.89. The van der Waals surface area contributed by atoms with Crippen LogP contribution >= 0.6 is 0 Å². The molecule has 0 saturated carbocycles. The number of hydrogen-bond acceptors (Lipinski definition) is 6. The monoisotopic (exact) mass is 444 g/mol. The largest absolute Gasteiger partial charge is 0.486 e. The normalized spacial score (nSPS) is 19.1. The van der Waals surface area contributed by atoms with Gasteiger partial charge in [-0.05, 0) is 61.7 Å².